The highest BCUT2D eigenvalue weighted by Crippen LogP contribution is 2.44. The molecule has 0 spiro atoms. The number of halogens is 1. The predicted octanol–water partition coefficient (Wildman–Crippen LogP) is 7.87. The number of nitro benzene ring substituents is 1. The minimum absolute atomic E-state index is 0.0195. The first-order chi connectivity index (χ1) is 31.6. The van der Waals surface area contributed by atoms with Crippen molar-refractivity contribution in [3.8, 4) is 17.2 Å². The maximum atomic E-state index is 14.1. The molecule has 2 fully saturated rings. The quantitative estimate of drug-likeness (QED) is 0.0908. The third kappa shape index (κ3) is 10.2. The van der Waals surface area contributed by atoms with Gasteiger partial charge in [0.1, 0.15) is 22.9 Å². The van der Waals surface area contributed by atoms with Gasteiger partial charge < -0.3 is 24.1 Å². The van der Waals surface area contributed by atoms with Gasteiger partial charge in [-0.15, -0.1) is 0 Å². The Morgan fingerprint density at radius 2 is 1.85 bits per heavy atom. The Labute approximate surface area is 389 Å². The third-order valence-corrected chi connectivity index (χ3v) is 16.7. The van der Waals surface area contributed by atoms with Gasteiger partial charge in [0.2, 0.25) is 0 Å². The molecule has 0 radical (unpaired) electrons. The molecule has 2 N–H and O–H groups in total. The Kier molecular flexibility index (Phi) is 12.9. The van der Waals surface area contributed by atoms with E-state index in [0.29, 0.717) is 49.2 Å². The number of piperazine rings is 1. The average molecular weight is 959 g/mol. The predicted molar refractivity (Wildman–Crippen MR) is 254 cm³/mol. The Morgan fingerprint density at radius 3 is 2.61 bits per heavy atom. The van der Waals surface area contributed by atoms with Gasteiger partial charge in [-0.05, 0) is 78.6 Å². The van der Waals surface area contributed by atoms with Gasteiger partial charge in [0.15, 0.2) is 0 Å². The van der Waals surface area contributed by atoms with E-state index in [9.17, 15) is 27.5 Å². The van der Waals surface area contributed by atoms with Crippen LogP contribution in [0.2, 0.25) is 5.02 Å². The van der Waals surface area contributed by atoms with E-state index >= 15 is 0 Å². The lowest BCUT2D eigenvalue weighted by atomic mass is 9.72. The van der Waals surface area contributed by atoms with Crippen molar-refractivity contribution in [3.05, 3.63) is 117 Å². The topological polar surface area (TPSA) is 199 Å². The average Bonchev–Trinajstić information content (AvgIpc) is 3.77. The van der Waals surface area contributed by atoms with Crippen molar-refractivity contribution in [3.63, 3.8) is 0 Å². The van der Waals surface area contributed by atoms with Crippen molar-refractivity contribution < 1.29 is 36.6 Å². The Morgan fingerprint density at radius 1 is 1.08 bits per heavy atom. The standard InChI is InChI=1S/C47H52ClN7O9S2/c1-47(2)11-9-34(41(26-47)32-3-5-35(48)6-4-32)29-53-13-15-54(16-14-53)36-7-8-39(44(23-36)64-37-22-33-10-12-49-45(33)50-28-37)46(56)52-66(60,61)38-24-42(55(57)58)40-21-31(30-63-43(40)25-38)27-51-65(59)19-17-62-18-20-65/h3-8,10,12,22-25,28,31H,9,11,13-21,26-27,29-30H2,1-2H3,(H,49,50)(H,52,56)/t31-/m0/s1. The van der Waals surface area contributed by atoms with Gasteiger partial charge in [-0.3, -0.25) is 19.8 Å². The van der Waals surface area contributed by atoms with Gasteiger partial charge in [-0.1, -0.05) is 43.2 Å². The van der Waals surface area contributed by atoms with E-state index in [-0.39, 0.29) is 53.5 Å². The highest BCUT2D eigenvalue weighted by molar-refractivity contribution is 7.93. The summed E-state index contributed by atoms with van der Waals surface area (Å²) < 4.78 is 65.0. The van der Waals surface area contributed by atoms with Gasteiger partial charge in [0.25, 0.3) is 21.6 Å². The molecule has 5 aromatic rings. The number of hydrogen-bond donors (Lipinski definition) is 2. The molecule has 0 unspecified atom stereocenters. The summed E-state index contributed by atoms with van der Waals surface area (Å²) in [5, 5.41) is 13.9. The number of allylic oxidation sites excluding steroid dienone is 1. The molecule has 19 heteroatoms. The second kappa shape index (κ2) is 18.6. The summed E-state index contributed by atoms with van der Waals surface area (Å²) in [6, 6.07) is 18.9. The second-order valence-electron chi connectivity index (χ2n) is 18.2. The minimum atomic E-state index is -4.68. The highest BCUT2D eigenvalue weighted by atomic mass is 35.5. The molecule has 4 aliphatic rings. The van der Waals surface area contributed by atoms with Crippen LogP contribution in [0.4, 0.5) is 11.4 Å². The first-order valence-electron chi connectivity index (χ1n) is 22.1. The number of nitrogens with one attached hydrogen (secondary N) is 2. The third-order valence-electron chi connectivity index (χ3n) is 12.9. The number of carbonyl (C=O) groups is 1. The number of aromatic nitrogens is 2. The number of aromatic amines is 1. The summed E-state index contributed by atoms with van der Waals surface area (Å²) >= 11 is 6.25. The Bertz CT molecular complexity index is 2950. The number of benzene rings is 3. The lowest BCUT2D eigenvalue weighted by molar-refractivity contribution is -0.386. The fraction of sp³-hybridized carbons (Fsp3) is 0.404. The zero-order chi connectivity index (χ0) is 46.2. The first kappa shape index (κ1) is 45.6. The molecule has 2 aromatic heterocycles. The molecule has 3 aromatic carbocycles. The van der Waals surface area contributed by atoms with Crippen molar-refractivity contribution in [1.82, 2.24) is 19.6 Å². The number of nitrogens with zero attached hydrogens (tertiary/aromatic N) is 5. The largest absolute Gasteiger partial charge is 0.493 e. The number of anilines is 1. The molecule has 0 bridgehead atoms. The molecule has 1 atom stereocenters. The van der Waals surface area contributed by atoms with E-state index in [4.69, 9.17) is 25.8 Å². The van der Waals surface area contributed by atoms with Crippen LogP contribution in [0, 0.1) is 21.4 Å². The monoisotopic (exact) mass is 957 g/mol. The summed E-state index contributed by atoms with van der Waals surface area (Å²) in [4.78, 5) is 37.4. The van der Waals surface area contributed by atoms with E-state index in [1.807, 2.05) is 18.2 Å². The van der Waals surface area contributed by atoms with E-state index < -0.39 is 41.2 Å². The van der Waals surface area contributed by atoms with Gasteiger partial charge >= 0.3 is 0 Å². The number of hydrogen-bond acceptors (Lipinski definition) is 13. The number of carbonyl (C=O) groups excluding carboxylic acids is 1. The lowest BCUT2D eigenvalue weighted by Gasteiger charge is -2.39. The molecule has 1 amide bonds. The molecular weight excluding hydrogens is 906 g/mol. The maximum Gasteiger partial charge on any atom is 0.277 e. The number of fused-ring (bicyclic) bond motifs is 2. The normalized spacial score (nSPS) is 19.7. The summed E-state index contributed by atoms with van der Waals surface area (Å²) in [5.74, 6) is -0.208. The van der Waals surface area contributed by atoms with Crippen molar-refractivity contribution in [2.45, 2.75) is 44.4 Å². The van der Waals surface area contributed by atoms with Crippen LogP contribution in [-0.4, -0.2) is 109 Å². The Balaban J connectivity index is 0.937. The Hall–Kier alpha value is -5.53. The maximum absolute atomic E-state index is 14.1. The van der Waals surface area contributed by atoms with E-state index in [1.165, 1.54) is 35.0 Å². The number of nitro groups is 1. The fourth-order valence-electron chi connectivity index (χ4n) is 9.10. The zero-order valence-corrected chi connectivity index (χ0v) is 39.2. The van der Waals surface area contributed by atoms with Crippen molar-refractivity contribution >= 4 is 65.2 Å². The number of ether oxygens (including phenoxy) is 3. The summed E-state index contributed by atoms with van der Waals surface area (Å²) in [6.07, 6.45) is 6.59. The minimum Gasteiger partial charge on any atom is -0.493 e. The van der Waals surface area contributed by atoms with E-state index in [1.54, 1.807) is 24.4 Å². The molecule has 1 aliphatic carbocycles. The molecule has 66 heavy (non-hydrogen) atoms. The molecule has 16 nitrogen and oxygen atoms in total. The van der Waals surface area contributed by atoms with Gasteiger partial charge in [-0.2, -0.15) is 0 Å². The highest BCUT2D eigenvalue weighted by Gasteiger charge is 2.34. The van der Waals surface area contributed by atoms with Crippen LogP contribution in [0.5, 0.6) is 17.2 Å². The molecule has 2 saturated heterocycles. The van der Waals surface area contributed by atoms with Crippen LogP contribution in [0.1, 0.15) is 54.6 Å². The van der Waals surface area contributed by atoms with Gasteiger partial charge in [-0.25, -0.2) is 26.7 Å². The van der Waals surface area contributed by atoms with Gasteiger partial charge in [0, 0.05) is 79.1 Å². The van der Waals surface area contributed by atoms with Crippen LogP contribution in [0.25, 0.3) is 16.6 Å². The summed E-state index contributed by atoms with van der Waals surface area (Å²) in [6.45, 7) is 9.51. The molecule has 5 heterocycles. The molecule has 0 saturated carbocycles. The summed E-state index contributed by atoms with van der Waals surface area (Å²) in [5.41, 5.74) is 5.38. The zero-order valence-electron chi connectivity index (χ0n) is 36.8. The molecule has 9 rings (SSSR count). The first-order valence-corrected chi connectivity index (χ1v) is 25.8. The SMILES string of the molecule is CC1(C)CCC(CN2CCN(c3ccc(C(=O)NS(=O)(=O)c4cc5c(c([N+](=O)[O-])c4)C[C@@H](CN=S4(=O)CCOCC4)CO5)c(Oc4cnc5[nH]ccc5c4)c3)CC2)=C(c2ccc(Cl)cc2)C1. The molecule has 3 aliphatic heterocycles. The summed E-state index contributed by atoms with van der Waals surface area (Å²) in [7, 11) is -7.12. The van der Waals surface area contributed by atoms with Crippen LogP contribution >= 0.6 is 11.6 Å². The van der Waals surface area contributed by atoms with Crippen LogP contribution in [0.15, 0.2) is 94.0 Å². The van der Waals surface area contributed by atoms with Crippen LogP contribution in [-0.2, 0) is 30.9 Å². The van der Waals surface area contributed by atoms with Crippen molar-refractivity contribution in [2.24, 2.45) is 15.7 Å². The number of H-pyrrole nitrogens is 1. The van der Waals surface area contributed by atoms with E-state index in [2.05, 4.69) is 54.8 Å². The lowest BCUT2D eigenvalue weighted by Crippen LogP contribution is -2.47. The fourth-order valence-corrected chi connectivity index (χ4v) is 11.9. The van der Waals surface area contributed by atoms with E-state index in [0.717, 1.165) is 61.1 Å². The molecular formula is C47H52ClN7O9S2. The number of pyridine rings is 1. The van der Waals surface area contributed by atoms with Crippen molar-refractivity contribution in [1.29, 1.82) is 0 Å². The number of rotatable bonds is 12. The van der Waals surface area contributed by atoms with Crippen LogP contribution in [0.3, 0.4) is 0 Å². The van der Waals surface area contributed by atoms with Crippen LogP contribution < -0.4 is 19.1 Å². The smallest absolute Gasteiger partial charge is 0.277 e. The van der Waals surface area contributed by atoms with Crippen molar-refractivity contribution in [2.75, 3.05) is 75.5 Å². The number of sulfonamides is 1. The number of amides is 1. The molecule has 348 valence electrons. The van der Waals surface area contributed by atoms with Gasteiger partial charge in [0.05, 0.1) is 74.7 Å². The second-order valence-corrected chi connectivity index (χ2v) is 22.9.